The monoisotopic (exact) mass is 186 g/mol. The lowest BCUT2D eigenvalue weighted by Gasteiger charge is -2.27. The average Bonchev–Trinajstić information content (AvgIpc) is 2.12. The van der Waals surface area contributed by atoms with Crippen molar-refractivity contribution in [3.05, 3.63) is 12.2 Å². The predicted octanol–water partition coefficient (Wildman–Crippen LogP) is 1.97. The van der Waals surface area contributed by atoms with Crippen LogP contribution in [0.1, 0.15) is 34.1 Å². The fraction of sp³-hybridized carbons (Fsp3) is 0.818. The van der Waals surface area contributed by atoms with E-state index >= 15 is 0 Å². The van der Waals surface area contributed by atoms with Gasteiger partial charge >= 0.3 is 0 Å². The second kappa shape index (κ2) is 5.40. The van der Waals surface area contributed by atoms with Crippen LogP contribution in [0.25, 0.3) is 0 Å². The van der Waals surface area contributed by atoms with E-state index in [0.29, 0.717) is 0 Å². The second-order valence-electron chi connectivity index (χ2n) is 3.89. The third-order valence-corrected chi connectivity index (χ3v) is 2.91. The van der Waals surface area contributed by atoms with Gasteiger partial charge in [0.1, 0.15) is 0 Å². The van der Waals surface area contributed by atoms with Crippen LogP contribution in [0.5, 0.6) is 0 Å². The molecule has 0 aliphatic rings. The van der Waals surface area contributed by atoms with E-state index in [9.17, 15) is 10.2 Å². The van der Waals surface area contributed by atoms with Crippen LogP contribution >= 0.6 is 0 Å². The molecule has 0 saturated carbocycles. The minimum Gasteiger partial charge on any atom is -0.393 e. The lowest BCUT2D eigenvalue weighted by molar-refractivity contribution is 0.00956. The van der Waals surface area contributed by atoms with Crippen LogP contribution in [0, 0.1) is 11.8 Å². The van der Waals surface area contributed by atoms with Crippen LogP contribution in [0.4, 0.5) is 0 Å². The van der Waals surface area contributed by atoms with Crippen LogP contribution in [0.15, 0.2) is 12.2 Å². The normalized spacial score (nSPS) is 20.5. The molecule has 2 heteroatoms. The lowest BCUT2D eigenvalue weighted by Crippen LogP contribution is -2.33. The maximum absolute atomic E-state index is 9.84. The van der Waals surface area contributed by atoms with E-state index < -0.39 is 12.2 Å². The number of hydrogen-bond donors (Lipinski definition) is 2. The average molecular weight is 186 g/mol. The number of aliphatic hydroxyl groups excluding tert-OH is 2. The fourth-order valence-electron chi connectivity index (χ4n) is 1.30. The summed E-state index contributed by atoms with van der Waals surface area (Å²) in [6.07, 6.45) is -0.0837. The molecule has 78 valence electrons. The van der Waals surface area contributed by atoms with E-state index in [4.69, 9.17) is 0 Å². The highest BCUT2D eigenvalue weighted by atomic mass is 16.3. The number of rotatable bonds is 5. The molecule has 0 saturated heterocycles. The summed E-state index contributed by atoms with van der Waals surface area (Å²) in [5, 5.41) is 19.1. The van der Waals surface area contributed by atoms with Crippen molar-refractivity contribution in [2.45, 2.75) is 46.3 Å². The first-order chi connectivity index (χ1) is 5.91. The summed E-state index contributed by atoms with van der Waals surface area (Å²) >= 11 is 0. The van der Waals surface area contributed by atoms with Crippen molar-refractivity contribution in [3.63, 3.8) is 0 Å². The molecule has 0 radical (unpaired) electrons. The van der Waals surface area contributed by atoms with E-state index in [1.54, 1.807) is 6.92 Å². The second-order valence-corrected chi connectivity index (χ2v) is 3.89. The summed E-state index contributed by atoms with van der Waals surface area (Å²) in [6, 6.07) is 0. The summed E-state index contributed by atoms with van der Waals surface area (Å²) in [5.41, 5.74) is 1.04. The van der Waals surface area contributed by atoms with Gasteiger partial charge in [0.15, 0.2) is 0 Å². The van der Waals surface area contributed by atoms with Gasteiger partial charge in [-0.25, -0.2) is 0 Å². The first-order valence-corrected chi connectivity index (χ1v) is 4.95. The summed E-state index contributed by atoms with van der Waals surface area (Å²) in [7, 11) is 0. The molecule has 0 rings (SSSR count). The highest BCUT2D eigenvalue weighted by Gasteiger charge is 2.25. The summed E-state index contributed by atoms with van der Waals surface area (Å²) < 4.78 is 0. The highest BCUT2D eigenvalue weighted by molar-refractivity contribution is 5.01. The van der Waals surface area contributed by atoms with E-state index in [0.717, 1.165) is 12.0 Å². The Bertz CT molecular complexity index is 163. The van der Waals surface area contributed by atoms with Crippen molar-refractivity contribution in [1.29, 1.82) is 0 Å². The van der Waals surface area contributed by atoms with Crippen molar-refractivity contribution in [2.24, 2.45) is 11.8 Å². The van der Waals surface area contributed by atoms with Crippen LogP contribution in [0.2, 0.25) is 0 Å². The molecule has 0 aromatic rings. The molecular formula is C11H22O2. The van der Waals surface area contributed by atoms with E-state index in [-0.39, 0.29) is 11.8 Å². The molecule has 0 heterocycles. The van der Waals surface area contributed by atoms with Crippen LogP contribution in [-0.2, 0) is 0 Å². The summed E-state index contributed by atoms with van der Waals surface area (Å²) in [4.78, 5) is 0. The molecule has 0 aliphatic carbocycles. The minimum atomic E-state index is -0.493. The largest absolute Gasteiger partial charge is 0.393 e. The van der Waals surface area contributed by atoms with Gasteiger partial charge in [-0.1, -0.05) is 32.9 Å². The first-order valence-electron chi connectivity index (χ1n) is 4.95. The van der Waals surface area contributed by atoms with Crippen molar-refractivity contribution >= 4 is 0 Å². The van der Waals surface area contributed by atoms with Crippen LogP contribution in [-0.4, -0.2) is 22.4 Å². The Labute approximate surface area is 81.3 Å². The molecule has 13 heavy (non-hydrogen) atoms. The van der Waals surface area contributed by atoms with Crippen molar-refractivity contribution in [2.75, 3.05) is 0 Å². The zero-order valence-corrected chi connectivity index (χ0v) is 9.12. The van der Waals surface area contributed by atoms with Crippen LogP contribution < -0.4 is 0 Å². The quantitative estimate of drug-likeness (QED) is 0.644. The molecule has 0 aliphatic heterocycles. The van der Waals surface area contributed by atoms with Crippen LogP contribution in [0.3, 0.4) is 0 Å². The third kappa shape index (κ3) is 3.49. The van der Waals surface area contributed by atoms with Gasteiger partial charge in [0, 0.05) is 11.8 Å². The van der Waals surface area contributed by atoms with Gasteiger partial charge in [0.05, 0.1) is 12.2 Å². The third-order valence-electron chi connectivity index (χ3n) is 2.91. The predicted molar refractivity (Wildman–Crippen MR) is 55.4 cm³/mol. The smallest absolute Gasteiger partial charge is 0.0652 e. The number of hydrogen-bond acceptors (Lipinski definition) is 2. The molecule has 2 N–H and O–H groups in total. The number of aliphatic hydroxyl groups is 2. The fourth-order valence-corrected chi connectivity index (χ4v) is 1.30. The molecule has 4 atom stereocenters. The Balaban J connectivity index is 4.24. The van der Waals surface area contributed by atoms with Crippen molar-refractivity contribution in [1.82, 2.24) is 0 Å². The van der Waals surface area contributed by atoms with Gasteiger partial charge in [0.2, 0.25) is 0 Å². The van der Waals surface area contributed by atoms with Gasteiger partial charge in [-0.15, -0.1) is 0 Å². The molecule has 2 nitrogen and oxygen atoms in total. The maximum atomic E-state index is 9.84. The Hall–Kier alpha value is -0.340. The molecular weight excluding hydrogens is 164 g/mol. The first kappa shape index (κ1) is 12.7. The summed E-state index contributed by atoms with van der Waals surface area (Å²) in [5.74, 6) is -0.0344. The highest BCUT2D eigenvalue weighted by Crippen LogP contribution is 2.23. The van der Waals surface area contributed by atoms with E-state index in [1.807, 2.05) is 20.8 Å². The maximum Gasteiger partial charge on any atom is 0.0652 e. The van der Waals surface area contributed by atoms with Crippen molar-refractivity contribution in [3.8, 4) is 0 Å². The van der Waals surface area contributed by atoms with E-state index in [2.05, 4.69) is 6.58 Å². The molecule has 0 aromatic heterocycles. The molecule has 0 bridgehead atoms. The van der Waals surface area contributed by atoms with Crippen molar-refractivity contribution < 1.29 is 10.2 Å². The Kier molecular flexibility index (Phi) is 5.26. The lowest BCUT2D eigenvalue weighted by atomic mass is 9.85. The van der Waals surface area contributed by atoms with E-state index in [1.165, 1.54) is 0 Å². The molecule has 0 fully saturated rings. The van der Waals surface area contributed by atoms with Gasteiger partial charge in [-0.05, 0) is 13.3 Å². The topological polar surface area (TPSA) is 40.5 Å². The summed E-state index contributed by atoms with van der Waals surface area (Å²) in [6.45, 7) is 11.4. The molecule has 0 amide bonds. The van der Waals surface area contributed by atoms with Gasteiger partial charge in [0.25, 0.3) is 0 Å². The Morgan fingerprint density at radius 3 is 2.00 bits per heavy atom. The van der Waals surface area contributed by atoms with Gasteiger partial charge in [-0.3, -0.25) is 0 Å². The zero-order chi connectivity index (χ0) is 10.6. The molecule has 0 unspecified atom stereocenters. The molecule has 0 spiro atoms. The Morgan fingerprint density at radius 2 is 1.69 bits per heavy atom. The van der Waals surface area contributed by atoms with Gasteiger partial charge in [-0.2, -0.15) is 0 Å². The standard InChI is InChI=1S/C11H22O2/c1-6-7(2)8(3)11(13)9(4)10(5)12/h8-13H,2,6H2,1,3-5H3/t8-,9-,10+,11+/m0/s1. The zero-order valence-electron chi connectivity index (χ0n) is 9.12. The SMILES string of the molecule is C=C(CC)[C@H](C)[C@@H](O)[C@@H](C)[C@@H](C)O. The Morgan fingerprint density at radius 1 is 1.23 bits per heavy atom. The minimum absolute atomic E-state index is 0.0644. The van der Waals surface area contributed by atoms with Gasteiger partial charge < -0.3 is 10.2 Å². The molecule has 0 aromatic carbocycles.